The first-order valence-electron chi connectivity index (χ1n) is 7.69. The molecule has 0 saturated heterocycles. The third kappa shape index (κ3) is 3.14. The number of carbonyl (C=O) groups is 1. The van der Waals surface area contributed by atoms with Crippen molar-refractivity contribution in [3.8, 4) is 17.2 Å². The van der Waals surface area contributed by atoms with Crippen LogP contribution in [0.25, 0.3) is 5.69 Å². The zero-order valence-electron chi connectivity index (χ0n) is 14.4. The van der Waals surface area contributed by atoms with Gasteiger partial charge >= 0.3 is 0 Å². The molecule has 0 fully saturated rings. The van der Waals surface area contributed by atoms with Crippen molar-refractivity contribution in [2.45, 2.75) is 6.92 Å². The van der Waals surface area contributed by atoms with E-state index in [1.165, 1.54) is 11.8 Å². The Balaban J connectivity index is 2.04. The molecule has 1 aromatic carbocycles. The molecule has 134 valence electrons. The SMILES string of the molecule is COc1ccccc1-n1nc(C(=O)Nc2cc(C)nn2C)c(O)cc1=O. The van der Waals surface area contributed by atoms with E-state index in [1.807, 2.05) is 0 Å². The predicted octanol–water partition coefficient (Wildman–Crippen LogP) is 1.24. The zero-order chi connectivity index (χ0) is 18.8. The van der Waals surface area contributed by atoms with Gasteiger partial charge in [-0.25, -0.2) is 0 Å². The average Bonchev–Trinajstić information content (AvgIpc) is 2.92. The minimum absolute atomic E-state index is 0.297. The number of aromatic hydroxyl groups is 1. The first-order chi connectivity index (χ1) is 12.4. The number of methoxy groups -OCH3 is 1. The van der Waals surface area contributed by atoms with Crippen molar-refractivity contribution in [1.82, 2.24) is 19.6 Å². The molecule has 0 aliphatic carbocycles. The van der Waals surface area contributed by atoms with E-state index < -0.39 is 17.2 Å². The van der Waals surface area contributed by atoms with E-state index in [1.54, 1.807) is 44.3 Å². The molecule has 2 N–H and O–H groups in total. The van der Waals surface area contributed by atoms with Gasteiger partial charge in [0, 0.05) is 19.2 Å². The van der Waals surface area contributed by atoms with Crippen molar-refractivity contribution in [1.29, 1.82) is 0 Å². The number of hydrogen-bond acceptors (Lipinski definition) is 6. The van der Waals surface area contributed by atoms with Crippen molar-refractivity contribution in [3.05, 3.63) is 58.1 Å². The van der Waals surface area contributed by atoms with Crippen LogP contribution in [0.1, 0.15) is 16.2 Å². The largest absolute Gasteiger partial charge is 0.505 e. The van der Waals surface area contributed by atoms with Crippen LogP contribution < -0.4 is 15.6 Å². The highest BCUT2D eigenvalue weighted by atomic mass is 16.5. The standard InChI is InChI=1S/C17H17N5O4/c1-10-8-14(21(2)19-10)18-17(25)16-12(23)9-15(24)22(20-16)11-6-4-5-7-13(11)26-3/h4-9,23H,1-3H3,(H,18,25). The van der Waals surface area contributed by atoms with Gasteiger partial charge in [-0.2, -0.15) is 14.9 Å². The topological polar surface area (TPSA) is 111 Å². The van der Waals surface area contributed by atoms with Gasteiger partial charge in [-0.3, -0.25) is 14.3 Å². The van der Waals surface area contributed by atoms with Crippen LogP contribution in [0, 0.1) is 6.92 Å². The van der Waals surface area contributed by atoms with Gasteiger partial charge in [-0.1, -0.05) is 12.1 Å². The Morgan fingerprint density at radius 1 is 1.23 bits per heavy atom. The van der Waals surface area contributed by atoms with Crippen molar-refractivity contribution in [3.63, 3.8) is 0 Å². The summed E-state index contributed by atoms with van der Waals surface area (Å²) in [5.74, 6) is -0.350. The number of nitrogens with one attached hydrogen (secondary N) is 1. The highest BCUT2D eigenvalue weighted by molar-refractivity contribution is 6.04. The van der Waals surface area contributed by atoms with E-state index in [0.717, 1.165) is 16.4 Å². The fourth-order valence-electron chi connectivity index (χ4n) is 2.49. The Morgan fingerprint density at radius 3 is 2.62 bits per heavy atom. The van der Waals surface area contributed by atoms with Crippen LogP contribution in [0.4, 0.5) is 5.82 Å². The van der Waals surface area contributed by atoms with Gasteiger partial charge in [0.05, 0.1) is 12.8 Å². The van der Waals surface area contributed by atoms with E-state index in [4.69, 9.17) is 4.74 Å². The molecule has 0 atom stereocenters. The second-order valence-electron chi connectivity index (χ2n) is 5.55. The summed E-state index contributed by atoms with van der Waals surface area (Å²) < 4.78 is 7.71. The van der Waals surface area contributed by atoms with Crippen LogP contribution in [0.2, 0.25) is 0 Å². The molecule has 26 heavy (non-hydrogen) atoms. The summed E-state index contributed by atoms with van der Waals surface area (Å²) in [5.41, 5.74) is 0.179. The second kappa shape index (κ2) is 6.71. The number of amides is 1. The molecule has 0 aliphatic heterocycles. The number of nitrogens with zero attached hydrogens (tertiary/aromatic N) is 4. The fraction of sp³-hybridized carbons (Fsp3) is 0.176. The summed E-state index contributed by atoms with van der Waals surface area (Å²) in [7, 11) is 3.13. The second-order valence-corrected chi connectivity index (χ2v) is 5.55. The number of benzene rings is 1. The van der Waals surface area contributed by atoms with Gasteiger partial charge in [-0.05, 0) is 19.1 Å². The molecule has 1 amide bonds. The van der Waals surface area contributed by atoms with Crippen molar-refractivity contribution in [2.75, 3.05) is 12.4 Å². The third-order valence-corrected chi connectivity index (χ3v) is 3.68. The Hall–Kier alpha value is -3.62. The summed E-state index contributed by atoms with van der Waals surface area (Å²) >= 11 is 0. The number of ether oxygens (including phenoxy) is 1. The predicted molar refractivity (Wildman–Crippen MR) is 93.9 cm³/mol. The maximum absolute atomic E-state index is 12.5. The van der Waals surface area contributed by atoms with Gasteiger partial charge in [0.15, 0.2) is 11.4 Å². The lowest BCUT2D eigenvalue weighted by Gasteiger charge is -2.12. The third-order valence-electron chi connectivity index (χ3n) is 3.68. The maximum atomic E-state index is 12.5. The number of hydrogen-bond donors (Lipinski definition) is 2. The van der Waals surface area contributed by atoms with E-state index >= 15 is 0 Å². The number of para-hydroxylation sites is 2. The summed E-state index contributed by atoms with van der Waals surface area (Å²) in [6.07, 6.45) is 0. The first kappa shape index (κ1) is 17.2. The number of aryl methyl sites for hydroxylation is 2. The molecule has 2 aromatic heterocycles. The van der Waals surface area contributed by atoms with Crippen molar-refractivity contribution < 1.29 is 14.6 Å². The molecule has 2 heterocycles. The van der Waals surface area contributed by atoms with Crippen LogP contribution in [0.15, 0.2) is 41.2 Å². The van der Waals surface area contributed by atoms with Crippen LogP contribution in [-0.4, -0.2) is 37.7 Å². The molecule has 0 radical (unpaired) electrons. The van der Waals surface area contributed by atoms with E-state index in [-0.39, 0.29) is 5.69 Å². The van der Waals surface area contributed by atoms with Crippen molar-refractivity contribution >= 4 is 11.7 Å². The first-order valence-corrected chi connectivity index (χ1v) is 7.69. The Bertz CT molecular complexity index is 1040. The molecule has 9 heteroatoms. The number of anilines is 1. The Morgan fingerprint density at radius 2 is 1.96 bits per heavy atom. The maximum Gasteiger partial charge on any atom is 0.281 e. The van der Waals surface area contributed by atoms with Crippen LogP contribution in [-0.2, 0) is 7.05 Å². The van der Waals surface area contributed by atoms with E-state index in [2.05, 4.69) is 15.5 Å². The zero-order valence-corrected chi connectivity index (χ0v) is 14.4. The molecule has 9 nitrogen and oxygen atoms in total. The summed E-state index contributed by atoms with van der Waals surface area (Å²) in [6, 6.07) is 9.34. The minimum Gasteiger partial charge on any atom is -0.505 e. The molecular weight excluding hydrogens is 338 g/mol. The van der Waals surface area contributed by atoms with Gasteiger partial charge in [-0.15, -0.1) is 0 Å². The van der Waals surface area contributed by atoms with E-state index in [9.17, 15) is 14.7 Å². The highest BCUT2D eigenvalue weighted by Gasteiger charge is 2.19. The smallest absolute Gasteiger partial charge is 0.281 e. The molecule has 3 aromatic rings. The molecule has 0 aliphatic rings. The molecule has 0 saturated carbocycles. The molecular formula is C17H17N5O4. The van der Waals surface area contributed by atoms with Gasteiger partial charge in [0.25, 0.3) is 11.5 Å². The fourth-order valence-corrected chi connectivity index (χ4v) is 2.49. The normalized spacial score (nSPS) is 10.6. The highest BCUT2D eigenvalue weighted by Crippen LogP contribution is 2.21. The lowest BCUT2D eigenvalue weighted by molar-refractivity contribution is 0.101. The number of rotatable bonds is 4. The lowest BCUT2D eigenvalue weighted by atomic mass is 10.3. The average molecular weight is 355 g/mol. The van der Waals surface area contributed by atoms with E-state index in [0.29, 0.717) is 17.3 Å². The number of aromatic nitrogens is 4. The van der Waals surface area contributed by atoms with Crippen LogP contribution in [0.3, 0.4) is 0 Å². The van der Waals surface area contributed by atoms with Gasteiger partial charge in [0.2, 0.25) is 0 Å². The summed E-state index contributed by atoms with van der Waals surface area (Å²) in [6.45, 7) is 1.78. The monoisotopic (exact) mass is 355 g/mol. The Kier molecular flexibility index (Phi) is 4.44. The minimum atomic E-state index is -0.672. The molecule has 0 bridgehead atoms. The van der Waals surface area contributed by atoms with Gasteiger partial charge < -0.3 is 15.2 Å². The van der Waals surface area contributed by atoms with Crippen LogP contribution in [0.5, 0.6) is 11.5 Å². The quantitative estimate of drug-likeness (QED) is 0.728. The van der Waals surface area contributed by atoms with Gasteiger partial charge in [0.1, 0.15) is 17.3 Å². The summed E-state index contributed by atoms with van der Waals surface area (Å²) in [5, 5.41) is 20.8. The lowest BCUT2D eigenvalue weighted by Crippen LogP contribution is -2.26. The number of carbonyl (C=O) groups excluding carboxylic acids is 1. The van der Waals surface area contributed by atoms with Crippen LogP contribution >= 0.6 is 0 Å². The summed E-state index contributed by atoms with van der Waals surface area (Å²) in [4.78, 5) is 24.8. The molecule has 3 rings (SSSR count). The molecule has 0 unspecified atom stereocenters. The Labute approximate surface area is 148 Å². The molecule has 0 spiro atoms. The van der Waals surface area contributed by atoms with Crippen molar-refractivity contribution in [2.24, 2.45) is 7.05 Å².